The highest BCUT2D eigenvalue weighted by molar-refractivity contribution is 7.14. The first-order valence-corrected chi connectivity index (χ1v) is 7.44. The second-order valence-electron chi connectivity index (χ2n) is 4.02. The van der Waals surface area contributed by atoms with Crippen LogP contribution in [0.4, 0.5) is 0 Å². The van der Waals surface area contributed by atoms with Gasteiger partial charge in [0.1, 0.15) is 5.01 Å². The zero-order valence-corrected chi connectivity index (χ0v) is 11.1. The number of aromatic nitrogens is 2. The summed E-state index contributed by atoms with van der Waals surface area (Å²) in [6.45, 7) is 5.40. The van der Waals surface area contributed by atoms with E-state index in [9.17, 15) is 0 Å². The molecule has 1 fully saturated rings. The molecule has 1 aliphatic heterocycles. The molecular formula is C11H14N4S2. The van der Waals surface area contributed by atoms with Crippen molar-refractivity contribution in [3.63, 3.8) is 0 Å². The Bertz CT molecular complexity index is 460. The Morgan fingerprint density at radius 2 is 2.18 bits per heavy atom. The Labute approximate surface area is 108 Å². The minimum Gasteiger partial charge on any atom is -0.314 e. The third-order valence-electron chi connectivity index (χ3n) is 2.81. The zero-order valence-electron chi connectivity index (χ0n) is 9.43. The molecule has 1 aliphatic rings. The van der Waals surface area contributed by atoms with E-state index in [1.54, 1.807) is 22.7 Å². The number of nitrogens with one attached hydrogen (secondary N) is 1. The van der Waals surface area contributed by atoms with Gasteiger partial charge in [-0.05, 0) is 0 Å². The average Bonchev–Trinajstić information content (AvgIpc) is 3.00. The van der Waals surface area contributed by atoms with Crippen LogP contribution in [0.15, 0.2) is 17.1 Å². The first kappa shape index (κ1) is 11.3. The van der Waals surface area contributed by atoms with E-state index >= 15 is 0 Å². The minimum absolute atomic E-state index is 0.977. The summed E-state index contributed by atoms with van der Waals surface area (Å²) in [7, 11) is 0. The Kier molecular flexibility index (Phi) is 3.46. The van der Waals surface area contributed by atoms with E-state index in [-0.39, 0.29) is 0 Å². The molecule has 2 aromatic heterocycles. The predicted molar refractivity (Wildman–Crippen MR) is 71.4 cm³/mol. The van der Waals surface area contributed by atoms with Gasteiger partial charge in [-0.15, -0.1) is 22.7 Å². The highest BCUT2D eigenvalue weighted by atomic mass is 32.1. The molecule has 1 saturated heterocycles. The lowest BCUT2D eigenvalue weighted by Crippen LogP contribution is -2.42. The quantitative estimate of drug-likeness (QED) is 0.917. The highest BCUT2D eigenvalue weighted by Crippen LogP contribution is 2.25. The van der Waals surface area contributed by atoms with Gasteiger partial charge in [0.2, 0.25) is 0 Å². The van der Waals surface area contributed by atoms with Crippen LogP contribution in [0, 0.1) is 0 Å². The maximum Gasteiger partial charge on any atom is 0.107 e. The second kappa shape index (κ2) is 5.22. The van der Waals surface area contributed by atoms with Gasteiger partial charge in [-0.2, -0.15) is 0 Å². The van der Waals surface area contributed by atoms with Crippen LogP contribution >= 0.6 is 22.7 Å². The van der Waals surface area contributed by atoms with E-state index < -0.39 is 0 Å². The molecule has 6 heteroatoms. The topological polar surface area (TPSA) is 41.1 Å². The van der Waals surface area contributed by atoms with Crippen molar-refractivity contribution in [1.82, 2.24) is 20.2 Å². The zero-order chi connectivity index (χ0) is 11.5. The molecule has 0 bridgehead atoms. The summed E-state index contributed by atoms with van der Waals surface area (Å²) in [6, 6.07) is 0. The average molecular weight is 266 g/mol. The molecule has 0 unspecified atom stereocenters. The molecule has 90 valence electrons. The Morgan fingerprint density at radius 3 is 2.94 bits per heavy atom. The van der Waals surface area contributed by atoms with Crippen molar-refractivity contribution in [2.75, 3.05) is 26.2 Å². The molecule has 2 aromatic rings. The normalized spacial score (nSPS) is 17.4. The molecule has 0 spiro atoms. The van der Waals surface area contributed by atoms with E-state index in [2.05, 4.69) is 25.6 Å². The lowest BCUT2D eigenvalue weighted by molar-refractivity contribution is 0.233. The lowest BCUT2D eigenvalue weighted by Gasteiger charge is -2.26. The molecule has 1 N–H and O–H groups in total. The second-order valence-corrected chi connectivity index (χ2v) is 5.85. The molecule has 0 saturated carbocycles. The summed E-state index contributed by atoms with van der Waals surface area (Å²) in [5.41, 5.74) is 2.92. The Hall–Kier alpha value is -0.820. The molecule has 0 radical (unpaired) electrons. The maximum atomic E-state index is 4.67. The predicted octanol–water partition coefficient (Wildman–Crippen LogP) is 1.67. The lowest BCUT2D eigenvalue weighted by atomic mass is 10.3. The third-order valence-corrected chi connectivity index (χ3v) is 4.43. The smallest absolute Gasteiger partial charge is 0.107 e. The van der Waals surface area contributed by atoms with Crippen molar-refractivity contribution in [2.24, 2.45) is 0 Å². The molecule has 0 aromatic carbocycles. The highest BCUT2D eigenvalue weighted by Gasteiger charge is 2.12. The van der Waals surface area contributed by atoms with Crippen molar-refractivity contribution in [3.05, 3.63) is 22.1 Å². The summed E-state index contributed by atoms with van der Waals surface area (Å²) in [5, 5.41) is 6.70. The van der Waals surface area contributed by atoms with Gasteiger partial charge in [0.15, 0.2) is 0 Å². The summed E-state index contributed by atoms with van der Waals surface area (Å²) in [6.07, 6.45) is 1.88. The van der Waals surface area contributed by atoms with Gasteiger partial charge in [0.25, 0.3) is 0 Å². The van der Waals surface area contributed by atoms with E-state index in [1.165, 1.54) is 5.01 Å². The van der Waals surface area contributed by atoms with Gasteiger partial charge >= 0.3 is 0 Å². The molecule has 0 aliphatic carbocycles. The van der Waals surface area contributed by atoms with Crippen molar-refractivity contribution in [3.8, 4) is 10.6 Å². The fourth-order valence-electron chi connectivity index (χ4n) is 1.90. The van der Waals surface area contributed by atoms with Crippen LogP contribution in [0.3, 0.4) is 0 Å². The Balaban J connectivity index is 1.68. The summed E-state index contributed by atoms with van der Waals surface area (Å²) < 4.78 is 0. The number of hydrogen-bond donors (Lipinski definition) is 1. The van der Waals surface area contributed by atoms with E-state index in [0.29, 0.717) is 0 Å². The molecule has 3 heterocycles. The number of hydrogen-bond acceptors (Lipinski definition) is 6. The standard InChI is InChI=1S/C11H14N4S2/c1-3-15(4-2-12-1)6-11-14-9(7-16-11)10-5-13-8-17-10/h5,7-8,12H,1-4,6H2. The van der Waals surface area contributed by atoms with Crippen molar-refractivity contribution >= 4 is 22.7 Å². The van der Waals surface area contributed by atoms with Gasteiger partial charge in [-0.1, -0.05) is 0 Å². The first-order valence-electron chi connectivity index (χ1n) is 5.68. The van der Waals surface area contributed by atoms with Gasteiger partial charge in [-0.3, -0.25) is 9.88 Å². The van der Waals surface area contributed by atoms with Gasteiger partial charge in [-0.25, -0.2) is 4.98 Å². The fourth-order valence-corrected chi connectivity index (χ4v) is 3.39. The number of thiazole rings is 2. The molecule has 3 rings (SSSR count). The van der Waals surface area contributed by atoms with E-state index in [4.69, 9.17) is 0 Å². The number of nitrogens with zero attached hydrogens (tertiary/aromatic N) is 3. The molecule has 4 nitrogen and oxygen atoms in total. The molecule has 0 atom stereocenters. The van der Waals surface area contributed by atoms with Crippen LogP contribution in [0.2, 0.25) is 0 Å². The van der Waals surface area contributed by atoms with Crippen LogP contribution in [-0.4, -0.2) is 41.0 Å². The van der Waals surface area contributed by atoms with Crippen LogP contribution in [0.25, 0.3) is 10.6 Å². The summed E-state index contributed by atoms with van der Waals surface area (Å²) in [5.74, 6) is 0. The van der Waals surface area contributed by atoms with Crippen LogP contribution < -0.4 is 5.32 Å². The Morgan fingerprint density at radius 1 is 1.29 bits per heavy atom. The van der Waals surface area contributed by atoms with Crippen molar-refractivity contribution in [1.29, 1.82) is 0 Å². The van der Waals surface area contributed by atoms with Gasteiger partial charge in [0, 0.05) is 37.8 Å². The van der Waals surface area contributed by atoms with Crippen molar-refractivity contribution < 1.29 is 0 Å². The fraction of sp³-hybridized carbons (Fsp3) is 0.455. The van der Waals surface area contributed by atoms with E-state index in [1.807, 2.05) is 11.7 Å². The van der Waals surface area contributed by atoms with Crippen LogP contribution in [-0.2, 0) is 6.54 Å². The van der Waals surface area contributed by atoms with Gasteiger partial charge < -0.3 is 5.32 Å². The summed E-state index contributed by atoms with van der Waals surface area (Å²) >= 11 is 3.39. The monoisotopic (exact) mass is 266 g/mol. The number of piperazine rings is 1. The summed E-state index contributed by atoms with van der Waals surface area (Å²) in [4.78, 5) is 12.4. The molecule has 17 heavy (non-hydrogen) atoms. The van der Waals surface area contributed by atoms with Gasteiger partial charge in [0.05, 0.1) is 22.6 Å². The van der Waals surface area contributed by atoms with Crippen molar-refractivity contribution in [2.45, 2.75) is 6.54 Å². The SMILES string of the molecule is c1ncc(-c2csc(CN3CCNCC3)n2)s1. The third kappa shape index (κ3) is 2.71. The van der Waals surface area contributed by atoms with Crippen LogP contribution in [0.5, 0.6) is 0 Å². The number of rotatable bonds is 3. The van der Waals surface area contributed by atoms with Crippen LogP contribution in [0.1, 0.15) is 5.01 Å². The first-order chi connectivity index (χ1) is 8.42. The minimum atomic E-state index is 0.977. The molecule has 0 amide bonds. The largest absolute Gasteiger partial charge is 0.314 e. The maximum absolute atomic E-state index is 4.67. The molecular weight excluding hydrogens is 252 g/mol. The van der Waals surface area contributed by atoms with E-state index in [0.717, 1.165) is 43.3 Å².